The molecule has 1 fully saturated rings. The molecule has 1 aliphatic heterocycles. The van der Waals surface area contributed by atoms with Gasteiger partial charge in [0.15, 0.2) is 5.82 Å². The van der Waals surface area contributed by atoms with Crippen molar-refractivity contribution in [2.75, 3.05) is 26.2 Å². The standard InChI is InChI=1S/C20H29FN6O2.C2HF3O2/c1-13(2)9-17(20(28)29)16(19-23-25-26-24-19)10-14-3-4-15(18(21)11-14)12-27-7-5-22-6-8-27;3-2(4,5)1(6)7/h3-4,11,13,16-17,22H,5-10,12H2,1-2H3,(H,28,29)(H,23,24,25,26);(H,6,7)/t16-,17-;/m0./s1. The number of tetrazole rings is 1. The van der Waals surface area contributed by atoms with Gasteiger partial charge in [0.2, 0.25) is 0 Å². The van der Waals surface area contributed by atoms with Gasteiger partial charge < -0.3 is 15.5 Å². The van der Waals surface area contributed by atoms with Gasteiger partial charge in [-0.25, -0.2) is 9.18 Å². The van der Waals surface area contributed by atoms with Crippen LogP contribution in [-0.2, 0) is 22.6 Å². The number of benzene rings is 1. The molecule has 4 N–H and O–H groups in total. The van der Waals surface area contributed by atoms with Crippen LogP contribution in [0.4, 0.5) is 17.6 Å². The molecule has 1 saturated heterocycles. The second kappa shape index (κ2) is 13.3. The van der Waals surface area contributed by atoms with Gasteiger partial charge in [0, 0.05) is 44.2 Å². The Morgan fingerprint density at radius 1 is 1.17 bits per heavy atom. The number of nitrogens with zero attached hydrogens (tertiary/aromatic N) is 4. The fourth-order valence-corrected chi connectivity index (χ4v) is 3.90. The smallest absolute Gasteiger partial charge is 0.481 e. The summed E-state index contributed by atoms with van der Waals surface area (Å²) in [7, 11) is 0. The Labute approximate surface area is 205 Å². The van der Waals surface area contributed by atoms with Crippen LogP contribution in [0.15, 0.2) is 18.2 Å². The molecule has 2 atom stereocenters. The average molecular weight is 519 g/mol. The highest BCUT2D eigenvalue weighted by atomic mass is 19.4. The number of halogens is 4. The zero-order chi connectivity index (χ0) is 26.9. The fourth-order valence-electron chi connectivity index (χ4n) is 3.90. The molecule has 0 saturated carbocycles. The fraction of sp³-hybridized carbons (Fsp3) is 0.591. The number of aromatic nitrogens is 4. The molecule has 36 heavy (non-hydrogen) atoms. The zero-order valence-electron chi connectivity index (χ0n) is 19.9. The van der Waals surface area contributed by atoms with Crippen molar-refractivity contribution < 1.29 is 37.4 Å². The van der Waals surface area contributed by atoms with Crippen LogP contribution in [0, 0.1) is 17.7 Å². The summed E-state index contributed by atoms with van der Waals surface area (Å²) in [6, 6.07) is 5.19. The van der Waals surface area contributed by atoms with Crippen molar-refractivity contribution in [3.8, 4) is 0 Å². The van der Waals surface area contributed by atoms with E-state index < -0.39 is 30.0 Å². The minimum absolute atomic E-state index is 0.198. The van der Waals surface area contributed by atoms with E-state index in [4.69, 9.17) is 9.90 Å². The van der Waals surface area contributed by atoms with Crippen LogP contribution in [0.5, 0.6) is 0 Å². The van der Waals surface area contributed by atoms with Gasteiger partial charge >= 0.3 is 18.1 Å². The minimum atomic E-state index is -5.08. The maximum absolute atomic E-state index is 14.8. The molecule has 0 spiro atoms. The number of H-pyrrole nitrogens is 1. The molecule has 14 heteroatoms. The van der Waals surface area contributed by atoms with Gasteiger partial charge in [0.25, 0.3) is 0 Å². The second-order valence-electron chi connectivity index (χ2n) is 8.91. The maximum Gasteiger partial charge on any atom is 0.490 e. The quantitative estimate of drug-likeness (QED) is 0.368. The van der Waals surface area contributed by atoms with Crippen molar-refractivity contribution in [3.63, 3.8) is 0 Å². The monoisotopic (exact) mass is 518 g/mol. The SMILES string of the molecule is CC(C)C[C@H](C(=O)O)[C@H](Cc1ccc(CN2CCNCC2)c(F)c1)c1nn[nH]n1.O=C(O)C(F)(F)F. The molecule has 0 bridgehead atoms. The number of hydrogen-bond acceptors (Lipinski definition) is 7. The number of hydrogen-bond donors (Lipinski definition) is 4. The molecule has 2 aromatic rings. The van der Waals surface area contributed by atoms with E-state index in [2.05, 4.69) is 30.8 Å². The van der Waals surface area contributed by atoms with Gasteiger partial charge in [-0.2, -0.15) is 18.4 Å². The summed E-state index contributed by atoms with van der Waals surface area (Å²) in [6.07, 6.45) is -4.26. The predicted octanol–water partition coefficient (Wildman–Crippen LogP) is 2.45. The van der Waals surface area contributed by atoms with E-state index in [1.807, 2.05) is 19.9 Å². The molecule has 0 radical (unpaired) electrons. The lowest BCUT2D eigenvalue weighted by molar-refractivity contribution is -0.192. The third-order valence-electron chi connectivity index (χ3n) is 5.64. The lowest BCUT2D eigenvalue weighted by atomic mass is 9.81. The van der Waals surface area contributed by atoms with Crippen LogP contribution in [0.3, 0.4) is 0 Å². The average Bonchev–Trinajstić information content (AvgIpc) is 3.33. The van der Waals surface area contributed by atoms with Crippen molar-refractivity contribution in [2.45, 2.75) is 45.3 Å². The van der Waals surface area contributed by atoms with Crippen LogP contribution in [-0.4, -0.2) is 80.0 Å². The molecular weight excluding hydrogens is 488 g/mol. The Bertz CT molecular complexity index is 981. The highest BCUT2D eigenvalue weighted by molar-refractivity contribution is 5.73. The number of aliphatic carboxylic acids is 2. The first-order valence-electron chi connectivity index (χ1n) is 11.3. The van der Waals surface area contributed by atoms with Gasteiger partial charge in [-0.1, -0.05) is 31.2 Å². The highest BCUT2D eigenvalue weighted by Gasteiger charge is 2.38. The summed E-state index contributed by atoms with van der Waals surface area (Å²) in [4.78, 5) is 23.1. The number of carboxylic acid groups (broad SMARTS) is 2. The van der Waals surface area contributed by atoms with Gasteiger partial charge in [-0.05, 0) is 30.4 Å². The van der Waals surface area contributed by atoms with Crippen molar-refractivity contribution >= 4 is 11.9 Å². The number of piperazine rings is 1. The molecular formula is C22H30F4N6O4. The lowest BCUT2D eigenvalue weighted by Crippen LogP contribution is -2.43. The van der Waals surface area contributed by atoms with Gasteiger partial charge in [-0.15, -0.1) is 10.2 Å². The third-order valence-corrected chi connectivity index (χ3v) is 5.64. The first-order chi connectivity index (χ1) is 16.9. The third kappa shape index (κ3) is 9.15. The maximum atomic E-state index is 14.8. The second-order valence-corrected chi connectivity index (χ2v) is 8.91. The van der Waals surface area contributed by atoms with E-state index >= 15 is 0 Å². The number of aromatic amines is 1. The topological polar surface area (TPSA) is 144 Å². The molecule has 0 unspecified atom stereocenters. The van der Waals surface area contributed by atoms with Crippen LogP contribution < -0.4 is 5.32 Å². The van der Waals surface area contributed by atoms with E-state index in [1.165, 1.54) is 6.07 Å². The Balaban J connectivity index is 0.000000572. The number of alkyl halides is 3. The van der Waals surface area contributed by atoms with Crippen molar-refractivity contribution in [2.24, 2.45) is 11.8 Å². The van der Waals surface area contributed by atoms with Gasteiger partial charge in [-0.3, -0.25) is 9.69 Å². The van der Waals surface area contributed by atoms with Crippen LogP contribution >= 0.6 is 0 Å². The molecule has 0 amide bonds. The summed E-state index contributed by atoms with van der Waals surface area (Å²) >= 11 is 0. The zero-order valence-corrected chi connectivity index (χ0v) is 19.9. The van der Waals surface area contributed by atoms with Crippen molar-refractivity contribution in [3.05, 3.63) is 41.0 Å². The Morgan fingerprint density at radius 2 is 1.81 bits per heavy atom. The number of nitrogens with one attached hydrogen (secondary N) is 2. The lowest BCUT2D eigenvalue weighted by Gasteiger charge is -2.27. The first-order valence-corrected chi connectivity index (χ1v) is 11.3. The molecule has 3 rings (SSSR count). The van der Waals surface area contributed by atoms with E-state index in [9.17, 15) is 27.5 Å². The van der Waals surface area contributed by atoms with E-state index in [1.54, 1.807) is 6.07 Å². The predicted molar refractivity (Wildman–Crippen MR) is 119 cm³/mol. The van der Waals surface area contributed by atoms with Crippen LogP contribution in [0.1, 0.15) is 43.1 Å². The number of carbonyl (C=O) groups is 2. The summed E-state index contributed by atoms with van der Waals surface area (Å²) < 4.78 is 46.5. The van der Waals surface area contributed by atoms with Crippen LogP contribution in [0.2, 0.25) is 0 Å². The minimum Gasteiger partial charge on any atom is -0.481 e. The first kappa shape index (κ1) is 29.1. The Hall–Kier alpha value is -3.13. The molecule has 2 heterocycles. The van der Waals surface area contributed by atoms with Crippen molar-refractivity contribution in [1.82, 2.24) is 30.8 Å². The summed E-state index contributed by atoms with van der Waals surface area (Å²) in [6.45, 7) is 8.17. The molecule has 200 valence electrons. The summed E-state index contributed by atoms with van der Waals surface area (Å²) in [5.41, 5.74) is 1.39. The molecule has 1 aromatic heterocycles. The van der Waals surface area contributed by atoms with E-state index in [0.717, 1.165) is 31.7 Å². The van der Waals surface area contributed by atoms with E-state index in [-0.39, 0.29) is 11.7 Å². The molecule has 10 nitrogen and oxygen atoms in total. The van der Waals surface area contributed by atoms with E-state index in [0.29, 0.717) is 30.8 Å². The largest absolute Gasteiger partial charge is 0.490 e. The van der Waals surface area contributed by atoms with Crippen molar-refractivity contribution in [1.29, 1.82) is 0 Å². The summed E-state index contributed by atoms with van der Waals surface area (Å²) in [5, 5.41) is 34.2. The van der Waals surface area contributed by atoms with Crippen LogP contribution in [0.25, 0.3) is 0 Å². The Morgan fingerprint density at radius 3 is 2.28 bits per heavy atom. The molecule has 1 aliphatic rings. The number of rotatable bonds is 9. The summed E-state index contributed by atoms with van der Waals surface area (Å²) in [5.74, 6) is -4.52. The molecule has 0 aliphatic carbocycles. The van der Waals surface area contributed by atoms with Gasteiger partial charge in [0.05, 0.1) is 5.92 Å². The molecule has 1 aromatic carbocycles. The number of carboxylic acids is 2. The Kier molecular flexibility index (Phi) is 10.7. The highest BCUT2D eigenvalue weighted by Crippen LogP contribution is 2.31. The normalized spacial score (nSPS) is 16.2. The van der Waals surface area contributed by atoms with Gasteiger partial charge in [0.1, 0.15) is 5.82 Å².